The van der Waals surface area contributed by atoms with E-state index in [1.165, 1.54) is 0 Å². The molecule has 0 radical (unpaired) electrons. The number of carbonyl (C=O) groups excluding carboxylic acids is 1. The number of amides is 1. The van der Waals surface area contributed by atoms with Crippen molar-refractivity contribution in [1.29, 1.82) is 0 Å². The summed E-state index contributed by atoms with van der Waals surface area (Å²) in [6.07, 6.45) is 2.34. The molecule has 0 aliphatic rings. The van der Waals surface area contributed by atoms with Crippen molar-refractivity contribution in [1.82, 2.24) is 9.82 Å². The van der Waals surface area contributed by atoms with Gasteiger partial charge in [0.05, 0.1) is 0 Å². The Morgan fingerprint density at radius 1 is 1.75 bits per heavy atom. The zero-order valence-electron chi connectivity index (χ0n) is 6.67. The monoisotopic (exact) mass is 184 g/mol. The molecular formula is C8H9ClN2O. The standard InChI is InChI=1S/C8H9ClN2O/c1-2-6-4-3-5-10-7(6)8(12)11-9/h3-5H,2H2,1H3,(H,11,12). The quantitative estimate of drug-likeness (QED) is 0.709. The van der Waals surface area contributed by atoms with Gasteiger partial charge in [-0.05, 0) is 18.1 Å². The Bertz CT molecular complexity index is 288. The lowest BCUT2D eigenvalue weighted by Crippen LogP contribution is -2.16. The molecule has 0 unspecified atom stereocenters. The number of carbonyl (C=O) groups is 1. The summed E-state index contributed by atoms with van der Waals surface area (Å²) in [5.74, 6) is -0.353. The van der Waals surface area contributed by atoms with Gasteiger partial charge < -0.3 is 0 Å². The van der Waals surface area contributed by atoms with Crippen LogP contribution in [-0.2, 0) is 6.42 Å². The summed E-state index contributed by atoms with van der Waals surface area (Å²) in [5.41, 5.74) is 1.30. The van der Waals surface area contributed by atoms with Crippen molar-refractivity contribution in [3.05, 3.63) is 29.6 Å². The highest BCUT2D eigenvalue weighted by atomic mass is 35.5. The zero-order valence-corrected chi connectivity index (χ0v) is 7.43. The van der Waals surface area contributed by atoms with E-state index in [9.17, 15) is 4.79 Å². The second kappa shape index (κ2) is 4.07. The first-order valence-electron chi connectivity index (χ1n) is 3.64. The van der Waals surface area contributed by atoms with E-state index in [1.807, 2.05) is 17.8 Å². The van der Waals surface area contributed by atoms with Crippen molar-refractivity contribution in [3.8, 4) is 0 Å². The predicted octanol–water partition coefficient (Wildman–Crippen LogP) is 1.53. The molecule has 12 heavy (non-hydrogen) atoms. The molecule has 3 nitrogen and oxygen atoms in total. The summed E-state index contributed by atoms with van der Waals surface area (Å²) in [5, 5.41) is 0. The van der Waals surface area contributed by atoms with Gasteiger partial charge in [0.25, 0.3) is 5.91 Å². The van der Waals surface area contributed by atoms with Crippen molar-refractivity contribution in [2.45, 2.75) is 13.3 Å². The fourth-order valence-electron chi connectivity index (χ4n) is 0.973. The van der Waals surface area contributed by atoms with Crippen molar-refractivity contribution < 1.29 is 4.79 Å². The molecule has 1 N–H and O–H groups in total. The van der Waals surface area contributed by atoms with Gasteiger partial charge in [-0.2, -0.15) is 0 Å². The van der Waals surface area contributed by atoms with Crippen LogP contribution in [0.1, 0.15) is 23.0 Å². The first-order chi connectivity index (χ1) is 5.79. The van der Waals surface area contributed by atoms with Gasteiger partial charge in [0.1, 0.15) is 5.69 Å². The number of aromatic nitrogens is 1. The normalized spacial score (nSPS) is 9.50. The Kier molecular flexibility index (Phi) is 3.05. The number of rotatable bonds is 2. The minimum atomic E-state index is -0.353. The Hall–Kier alpha value is -1.09. The molecule has 1 rings (SSSR count). The van der Waals surface area contributed by atoms with Gasteiger partial charge >= 0.3 is 0 Å². The zero-order chi connectivity index (χ0) is 8.97. The molecule has 0 fully saturated rings. The van der Waals surface area contributed by atoms with E-state index in [2.05, 4.69) is 4.98 Å². The topological polar surface area (TPSA) is 42.0 Å². The number of hydrogen-bond donors (Lipinski definition) is 1. The van der Waals surface area contributed by atoms with Gasteiger partial charge in [-0.3, -0.25) is 14.6 Å². The van der Waals surface area contributed by atoms with Gasteiger partial charge in [0.2, 0.25) is 0 Å². The van der Waals surface area contributed by atoms with Crippen LogP contribution in [0, 0.1) is 0 Å². The average molecular weight is 185 g/mol. The third kappa shape index (κ3) is 1.74. The van der Waals surface area contributed by atoms with E-state index in [0.717, 1.165) is 12.0 Å². The maximum Gasteiger partial charge on any atom is 0.284 e. The molecule has 0 bridgehead atoms. The molecule has 0 aliphatic heterocycles. The minimum Gasteiger partial charge on any atom is -0.266 e. The van der Waals surface area contributed by atoms with E-state index in [0.29, 0.717) is 5.69 Å². The van der Waals surface area contributed by atoms with Crippen molar-refractivity contribution in [2.24, 2.45) is 0 Å². The summed E-state index contributed by atoms with van der Waals surface area (Å²) >= 11 is 5.18. The van der Waals surface area contributed by atoms with E-state index < -0.39 is 0 Å². The van der Waals surface area contributed by atoms with Gasteiger partial charge in [-0.15, -0.1) is 0 Å². The SMILES string of the molecule is CCc1cccnc1C(=O)NCl. The first-order valence-corrected chi connectivity index (χ1v) is 4.02. The summed E-state index contributed by atoms with van der Waals surface area (Å²) in [6.45, 7) is 1.96. The molecule has 0 saturated heterocycles. The van der Waals surface area contributed by atoms with Gasteiger partial charge in [0, 0.05) is 18.0 Å². The van der Waals surface area contributed by atoms with Crippen LogP contribution in [0.5, 0.6) is 0 Å². The summed E-state index contributed by atoms with van der Waals surface area (Å²) in [6, 6.07) is 3.65. The van der Waals surface area contributed by atoms with Crippen molar-refractivity contribution in [3.63, 3.8) is 0 Å². The highest BCUT2D eigenvalue weighted by Gasteiger charge is 2.09. The molecule has 1 heterocycles. The molecule has 0 saturated carbocycles. The maximum atomic E-state index is 11.1. The smallest absolute Gasteiger partial charge is 0.266 e. The number of pyridine rings is 1. The van der Waals surface area contributed by atoms with Crippen LogP contribution in [0.3, 0.4) is 0 Å². The summed E-state index contributed by atoms with van der Waals surface area (Å²) in [4.78, 5) is 17.0. The largest absolute Gasteiger partial charge is 0.284 e. The minimum absolute atomic E-state index is 0.353. The molecular weight excluding hydrogens is 176 g/mol. The van der Waals surface area contributed by atoms with Crippen LogP contribution in [0.2, 0.25) is 0 Å². The molecule has 0 aliphatic carbocycles. The maximum absolute atomic E-state index is 11.1. The number of halogens is 1. The second-order valence-electron chi connectivity index (χ2n) is 2.29. The van der Waals surface area contributed by atoms with E-state index in [1.54, 1.807) is 12.3 Å². The molecule has 64 valence electrons. The highest BCUT2D eigenvalue weighted by molar-refractivity contribution is 6.24. The summed E-state index contributed by atoms with van der Waals surface area (Å²) < 4.78 is 0. The van der Waals surface area contributed by atoms with Crippen LogP contribution >= 0.6 is 11.8 Å². The van der Waals surface area contributed by atoms with Crippen molar-refractivity contribution in [2.75, 3.05) is 0 Å². The second-order valence-corrected chi connectivity index (χ2v) is 2.48. The molecule has 1 amide bonds. The number of nitrogens with one attached hydrogen (secondary N) is 1. The van der Waals surface area contributed by atoms with Crippen LogP contribution in [0.4, 0.5) is 0 Å². The third-order valence-electron chi connectivity index (χ3n) is 1.57. The number of nitrogens with zero attached hydrogens (tertiary/aromatic N) is 1. The van der Waals surface area contributed by atoms with Crippen LogP contribution < -0.4 is 4.84 Å². The Morgan fingerprint density at radius 2 is 2.50 bits per heavy atom. The van der Waals surface area contributed by atoms with Gasteiger partial charge in [-0.1, -0.05) is 13.0 Å². The average Bonchev–Trinajstić information content (AvgIpc) is 2.16. The molecule has 4 heteroatoms. The highest BCUT2D eigenvalue weighted by Crippen LogP contribution is 2.05. The first kappa shape index (κ1) is 9.00. The van der Waals surface area contributed by atoms with Crippen LogP contribution in [0.15, 0.2) is 18.3 Å². The van der Waals surface area contributed by atoms with Gasteiger partial charge in [-0.25, -0.2) is 0 Å². The van der Waals surface area contributed by atoms with Crippen molar-refractivity contribution >= 4 is 17.7 Å². The van der Waals surface area contributed by atoms with Crippen LogP contribution in [0.25, 0.3) is 0 Å². The number of aryl methyl sites for hydroxylation is 1. The Balaban J connectivity index is 3.04. The predicted molar refractivity (Wildman–Crippen MR) is 46.9 cm³/mol. The fourth-order valence-corrected chi connectivity index (χ4v) is 1.06. The lowest BCUT2D eigenvalue weighted by molar-refractivity contribution is 0.0976. The summed E-state index contributed by atoms with van der Waals surface area (Å²) in [7, 11) is 0. The lowest BCUT2D eigenvalue weighted by Gasteiger charge is -2.02. The Labute approximate surface area is 75.9 Å². The number of hydrogen-bond acceptors (Lipinski definition) is 2. The fraction of sp³-hybridized carbons (Fsp3) is 0.250. The lowest BCUT2D eigenvalue weighted by atomic mass is 10.1. The third-order valence-corrected chi connectivity index (χ3v) is 1.74. The van der Waals surface area contributed by atoms with Crippen LogP contribution in [-0.4, -0.2) is 10.9 Å². The molecule has 1 aromatic heterocycles. The van der Waals surface area contributed by atoms with E-state index >= 15 is 0 Å². The molecule has 0 aromatic carbocycles. The Morgan fingerprint density at radius 3 is 3.08 bits per heavy atom. The van der Waals surface area contributed by atoms with Gasteiger partial charge in [0.15, 0.2) is 0 Å². The van der Waals surface area contributed by atoms with E-state index in [4.69, 9.17) is 11.8 Å². The molecule has 0 spiro atoms. The molecule has 0 atom stereocenters. The van der Waals surface area contributed by atoms with E-state index in [-0.39, 0.29) is 5.91 Å². The molecule has 1 aromatic rings.